The number of pyridine rings is 1. The molecule has 18 heavy (non-hydrogen) atoms. The molecule has 1 aromatic heterocycles. The maximum absolute atomic E-state index is 5.85. The van der Waals surface area contributed by atoms with Crippen molar-refractivity contribution >= 4 is 0 Å². The Labute approximate surface area is 111 Å². The first kappa shape index (κ1) is 15.1. The molecule has 0 aliphatic carbocycles. The van der Waals surface area contributed by atoms with Crippen LogP contribution in [0.3, 0.4) is 0 Å². The van der Waals surface area contributed by atoms with Gasteiger partial charge in [-0.2, -0.15) is 0 Å². The van der Waals surface area contributed by atoms with Gasteiger partial charge in [0.2, 0.25) is 0 Å². The van der Waals surface area contributed by atoms with Crippen LogP contribution in [0.25, 0.3) is 0 Å². The predicted octanol–water partition coefficient (Wildman–Crippen LogP) is 2.60. The van der Waals surface area contributed by atoms with Crippen molar-refractivity contribution in [3.05, 3.63) is 30.1 Å². The van der Waals surface area contributed by atoms with Gasteiger partial charge in [-0.1, -0.05) is 33.8 Å². The number of nitrogens with zero attached hydrogens (tertiary/aromatic N) is 1. The van der Waals surface area contributed by atoms with Crippen molar-refractivity contribution in [1.29, 1.82) is 0 Å². The number of nitrogens with one attached hydrogen (secondary N) is 1. The summed E-state index contributed by atoms with van der Waals surface area (Å²) in [6, 6.07) is 4.25. The van der Waals surface area contributed by atoms with Gasteiger partial charge >= 0.3 is 0 Å². The quantitative estimate of drug-likeness (QED) is 0.781. The molecular formula is C15H27N3. The summed E-state index contributed by atoms with van der Waals surface area (Å²) >= 11 is 0. The highest BCUT2D eigenvalue weighted by Gasteiger charge is 2.19. The molecule has 0 radical (unpaired) electrons. The molecule has 0 amide bonds. The summed E-state index contributed by atoms with van der Waals surface area (Å²) in [7, 11) is 0. The van der Waals surface area contributed by atoms with Gasteiger partial charge in [0.25, 0.3) is 0 Å². The minimum atomic E-state index is 0.207. The Morgan fingerprint density at radius 2 is 1.89 bits per heavy atom. The fraction of sp³-hybridized carbons (Fsp3) is 0.667. The monoisotopic (exact) mass is 249 g/mol. The average Bonchev–Trinajstić information content (AvgIpc) is 2.34. The van der Waals surface area contributed by atoms with Gasteiger partial charge in [-0.25, -0.2) is 0 Å². The first-order chi connectivity index (χ1) is 8.56. The first-order valence-electron chi connectivity index (χ1n) is 6.89. The zero-order valence-corrected chi connectivity index (χ0v) is 12.1. The maximum Gasteiger partial charge on any atom is 0.0459 e. The molecule has 0 aromatic carbocycles. The van der Waals surface area contributed by atoms with Crippen molar-refractivity contribution < 1.29 is 0 Å². The van der Waals surface area contributed by atoms with E-state index in [2.05, 4.69) is 44.1 Å². The van der Waals surface area contributed by atoms with E-state index in [4.69, 9.17) is 5.73 Å². The highest BCUT2D eigenvalue weighted by Crippen LogP contribution is 2.21. The molecule has 1 unspecified atom stereocenters. The van der Waals surface area contributed by atoms with E-state index in [-0.39, 0.29) is 6.04 Å². The zero-order chi connectivity index (χ0) is 13.5. The van der Waals surface area contributed by atoms with Crippen molar-refractivity contribution in [2.45, 2.75) is 33.7 Å². The lowest BCUT2D eigenvalue weighted by Crippen LogP contribution is -2.35. The van der Waals surface area contributed by atoms with Gasteiger partial charge in [-0.3, -0.25) is 4.98 Å². The molecule has 1 aromatic rings. The first-order valence-corrected chi connectivity index (χ1v) is 6.89. The predicted molar refractivity (Wildman–Crippen MR) is 77.2 cm³/mol. The van der Waals surface area contributed by atoms with Crippen LogP contribution in [0.5, 0.6) is 0 Å². The molecule has 0 spiro atoms. The SMILES string of the molecule is CC(C)C(CNC(CN)c1cccnc1)C(C)C. The maximum atomic E-state index is 5.85. The second kappa shape index (κ2) is 7.49. The summed E-state index contributed by atoms with van der Waals surface area (Å²) in [5.74, 6) is 2.05. The van der Waals surface area contributed by atoms with E-state index in [1.165, 1.54) is 5.56 Å². The molecule has 0 saturated heterocycles. The summed E-state index contributed by atoms with van der Waals surface area (Å²) in [4.78, 5) is 4.16. The molecule has 1 atom stereocenters. The van der Waals surface area contributed by atoms with E-state index in [0.29, 0.717) is 24.3 Å². The van der Waals surface area contributed by atoms with E-state index in [9.17, 15) is 0 Å². The van der Waals surface area contributed by atoms with E-state index in [0.717, 1.165) is 6.54 Å². The van der Waals surface area contributed by atoms with Crippen LogP contribution in [-0.4, -0.2) is 18.1 Å². The van der Waals surface area contributed by atoms with Crippen LogP contribution < -0.4 is 11.1 Å². The van der Waals surface area contributed by atoms with Crippen LogP contribution in [0, 0.1) is 17.8 Å². The summed E-state index contributed by atoms with van der Waals surface area (Å²) in [5.41, 5.74) is 7.03. The van der Waals surface area contributed by atoms with E-state index >= 15 is 0 Å². The largest absolute Gasteiger partial charge is 0.329 e. The Kier molecular flexibility index (Phi) is 6.30. The van der Waals surface area contributed by atoms with Gasteiger partial charge < -0.3 is 11.1 Å². The van der Waals surface area contributed by atoms with Crippen LogP contribution in [0.4, 0.5) is 0 Å². The standard InChI is InChI=1S/C15H27N3/c1-11(2)14(12(3)4)10-18-15(8-16)13-6-5-7-17-9-13/h5-7,9,11-12,14-15,18H,8,10,16H2,1-4H3. The highest BCUT2D eigenvalue weighted by atomic mass is 14.9. The van der Waals surface area contributed by atoms with Crippen LogP contribution >= 0.6 is 0 Å². The molecule has 0 fully saturated rings. The molecule has 0 saturated carbocycles. The molecule has 0 aliphatic heterocycles. The van der Waals surface area contributed by atoms with Crippen molar-refractivity contribution in [2.24, 2.45) is 23.5 Å². The van der Waals surface area contributed by atoms with Gasteiger partial charge in [0, 0.05) is 25.0 Å². The summed E-state index contributed by atoms with van der Waals surface area (Å²) < 4.78 is 0. The Balaban J connectivity index is 2.59. The summed E-state index contributed by atoms with van der Waals surface area (Å²) in [5, 5.41) is 3.58. The Hall–Kier alpha value is -0.930. The third-order valence-electron chi connectivity index (χ3n) is 3.64. The number of aromatic nitrogens is 1. The van der Waals surface area contributed by atoms with Crippen LogP contribution in [-0.2, 0) is 0 Å². The lowest BCUT2D eigenvalue weighted by Gasteiger charge is -2.27. The van der Waals surface area contributed by atoms with Gasteiger partial charge in [0.1, 0.15) is 0 Å². The summed E-state index contributed by atoms with van der Waals surface area (Å²) in [6.45, 7) is 10.8. The van der Waals surface area contributed by atoms with Gasteiger partial charge in [-0.05, 0) is 35.9 Å². The lowest BCUT2D eigenvalue weighted by molar-refractivity contribution is 0.266. The fourth-order valence-corrected chi connectivity index (χ4v) is 2.44. The van der Waals surface area contributed by atoms with Gasteiger partial charge in [0.05, 0.1) is 0 Å². The minimum Gasteiger partial charge on any atom is -0.329 e. The van der Waals surface area contributed by atoms with Crippen molar-refractivity contribution in [3.63, 3.8) is 0 Å². The average molecular weight is 249 g/mol. The Morgan fingerprint density at radius 3 is 2.33 bits per heavy atom. The molecule has 0 aliphatic rings. The Morgan fingerprint density at radius 1 is 1.22 bits per heavy atom. The highest BCUT2D eigenvalue weighted by molar-refractivity contribution is 5.14. The van der Waals surface area contributed by atoms with Crippen molar-refractivity contribution in [3.8, 4) is 0 Å². The van der Waals surface area contributed by atoms with E-state index in [1.54, 1.807) is 6.20 Å². The zero-order valence-electron chi connectivity index (χ0n) is 12.1. The molecule has 3 heteroatoms. The summed E-state index contributed by atoms with van der Waals surface area (Å²) in [6.07, 6.45) is 3.69. The third-order valence-corrected chi connectivity index (χ3v) is 3.64. The lowest BCUT2D eigenvalue weighted by atomic mass is 9.85. The number of hydrogen-bond acceptors (Lipinski definition) is 3. The van der Waals surface area contributed by atoms with Crippen molar-refractivity contribution in [2.75, 3.05) is 13.1 Å². The smallest absolute Gasteiger partial charge is 0.0459 e. The van der Waals surface area contributed by atoms with Crippen molar-refractivity contribution in [1.82, 2.24) is 10.3 Å². The van der Waals surface area contributed by atoms with Crippen LogP contribution in [0.1, 0.15) is 39.3 Å². The molecular weight excluding hydrogens is 222 g/mol. The van der Waals surface area contributed by atoms with Crippen LogP contribution in [0.15, 0.2) is 24.5 Å². The Bertz CT molecular complexity index is 314. The second-order valence-electron chi connectivity index (χ2n) is 5.63. The van der Waals surface area contributed by atoms with Crippen LogP contribution in [0.2, 0.25) is 0 Å². The molecule has 1 heterocycles. The molecule has 3 nitrogen and oxygen atoms in total. The molecule has 1 rings (SSSR count). The molecule has 0 bridgehead atoms. The van der Waals surface area contributed by atoms with E-state index < -0.39 is 0 Å². The topological polar surface area (TPSA) is 50.9 Å². The van der Waals surface area contributed by atoms with Gasteiger partial charge in [0.15, 0.2) is 0 Å². The molecule has 3 N–H and O–H groups in total. The normalized spacial score (nSPS) is 13.6. The number of hydrogen-bond donors (Lipinski definition) is 2. The fourth-order valence-electron chi connectivity index (χ4n) is 2.44. The minimum absolute atomic E-state index is 0.207. The second-order valence-corrected chi connectivity index (χ2v) is 5.63. The number of nitrogens with two attached hydrogens (primary N) is 1. The van der Waals surface area contributed by atoms with Gasteiger partial charge in [-0.15, -0.1) is 0 Å². The third kappa shape index (κ3) is 4.39. The molecule has 102 valence electrons. The number of rotatable bonds is 7. The van der Waals surface area contributed by atoms with E-state index in [1.807, 2.05) is 12.3 Å².